The van der Waals surface area contributed by atoms with Gasteiger partial charge in [0.1, 0.15) is 0 Å². The fourth-order valence-corrected chi connectivity index (χ4v) is 2.30. The Morgan fingerprint density at radius 2 is 2.06 bits per heavy atom. The molecular weight excluding hydrogens is 230 g/mol. The maximum atomic E-state index is 9.09. The quantitative estimate of drug-likeness (QED) is 0.768. The minimum Gasteiger partial charge on any atom is -0.395 e. The Balaban J connectivity index is 2.84. The van der Waals surface area contributed by atoms with E-state index in [1.54, 1.807) is 7.11 Å². The molecule has 18 heavy (non-hydrogen) atoms. The van der Waals surface area contributed by atoms with Gasteiger partial charge in [0.25, 0.3) is 0 Å². The standard InChI is InChI=1S/C13H25N3O2/c1-9(8-17)14-10(2)13-11(3)15-16(12(13)4)6-7-18-5/h9-10,14,17H,6-8H2,1-5H3/t9-,10?/m1/s1. The molecule has 1 aromatic rings. The zero-order chi connectivity index (χ0) is 13.7. The SMILES string of the molecule is COCCn1nc(C)c(C(C)N[C@H](C)CO)c1C. The number of aromatic nitrogens is 2. The number of hydrogen-bond donors (Lipinski definition) is 2. The van der Waals surface area contributed by atoms with Crippen LogP contribution < -0.4 is 5.32 Å². The molecule has 1 rings (SSSR count). The molecule has 0 aliphatic heterocycles. The molecule has 104 valence electrons. The van der Waals surface area contributed by atoms with Crippen molar-refractivity contribution in [1.82, 2.24) is 15.1 Å². The van der Waals surface area contributed by atoms with Crippen LogP contribution in [0.5, 0.6) is 0 Å². The zero-order valence-electron chi connectivity index (χ0n) is 12.0. The van der Waals surface area contributed by atoms with Crippen molar-refractivity contribution in [2.45, 2.75) is 46.3 Å². The van der Waals surface area contributed by atoms with Gasteiger partial charge >= 0.3 is 0 Å². The fourth-order valence-electron chi connectivity index (χ4n) is 2.30. The van der Waals surface area contributed by atoms with Crippen molar-refractivity contribution in [2.24, 2.45) is 0 Å². The van der Waals surface area contributed by atoms with Gasteiger partial charge < -0.3 is 15.2 Å². The summed E-state index contributed by atoms with van der Waals surface area (Å²) in [5.74, 6) is 0. The number of rotatable bonds is 7. The largest absolute Gasteiger partial charge is 0.395 e. The monoisotopic (exact) mass is 255 g/mol. The van der Waals surface area contributed by atoms with Gasteiger partial charge in [-0.25, -0.2) is 0 Å². The van der Waals surface area contributed by atoms with Crippen LogP contribution in [0.15, 0.2) is 0 Å². The highest BCUT2D eigenvalue weighted by Crippen LogP contribution is 2.21. The van der Waals surface area contributed by atoms with E-state index in [0.29, 0.717) is 6.61 Å². The van der Waals surface area contributed by atoms with Crippen molar-refractivity contribution < 1.29 is 9.84 Å². The lowest BCUT2D eigenvalue weighted by Gasteiger charge is -2.19. The summed E-state index contributed by atoms with van der Waals surface area (Å²) in [6.07, 6.45) is 0. The minimum atomic E-state index is 0.0844. The first-order valence-electron chi connectivity index (χ1n) is 6.41. The van der Waals surface area contributed by atoms with Crippen molar-refractivity contribution in [3.05, 3.63) is 17.0 Å². The first-order valence-corrected chi connectivity index (χ1v) is 6.41. The second kappa shape index (κ2) is 6.87. The van der Waals surface area contributed by atoms with Crippen LogP contribution in [0, 0.1) is 13.8 Å². The lowest BCUT2D eigenvalue weighted by molar-refractivity contribution is 0.182. The third kappa shape index (κ3) is 3.54. The summed E-state index contributed by atoms with van der Waals surface area (Å²) in [6.45, 7) is 9.74. The molecule has 0 bridgehead atoms. The molecule has 1 unspecified atom stereocenters. The van der Waals surface area contributed by atoms with Gasteiger partial charge in [0.15, 0.2) is 0 Å². The Morgan fingerprint density at radius 3 is 2.61 bits per heavy atom. The van der Waals surface area contributed by atoms with Crippen LogP contribution in [0.3, 0.4) is 0 Å². The molecule has 0 saturated carbocycles. The molecule has 1 aromatic heterocycles. The summed E-state index contributed by atoms with van der Waals surface area (Å²) in [5.41, 5.74) is 3.41. The Labute approximate surface area is 109 Å². The van der Waals surface area contributed by atoms with Crippen molar-refractivity contribution in [1.29, 1.82) is 0 Å². The molecule has 0 spiro atoms. The first-order chi connectivity index (χ1) is 8.51. The van der Waals surface area contributed by atoms with E-state index in [9.17, 15) is 0 Å². The first kappa shape index (κ1) is 15.1. The second-order valence-corrected chi connectivity index (χ2v) is 4.77. The van der Waals surface area contributed by atoms with Crippen molar-refractivity contribution in [3.63, 3.8) is 0 Å². The summed E-state index contributed by atoms with van der Waals surface area (Å²) in [6, 6.07) is 0.268. The summed E-state index contributed by atoms with van der Waals surface area (Å²) in [7, 11) is 1.69. The highest BCUT2D eigenvalue weighted by Gasteiger charge is 2.18. The van der Waals surface area contributed by atoms with Gasteiger partial charge in [-0.2, -0.15) is 5.10 Å². The van der Waals surface area contributed by atoms with E-state index in [0.717, 1.165) is 17.9 Å². The van der Waals surface area contributed by atoms with Crippen LogP contribution in [0.4, 0.5) is 0 Å². The number of aliphatic hydroxyl groups excluding tert-OH is 1. The molecule has 0 aliphatic rings. The molecule has 2 atom stereocenters. The van der Waals surface area contributed by atoms with E-state index < -0.39 is 0 Å². The van der Waals surface area contributed by atoms with E-state index in [1.807, 2.05) is 18.5 Å². The number of nitrogens with zero attached hydrogens (tertiary/aromatic N) is 2. The number of methoxy groups -OCH3 is 1. The maximum Gasteiger partial charge on any atom is 0.0658 e. The summed E-state index contributed by atoms with van der Waals surface area (Å²) < 4.78 is 7.06. The highest BCUT2D eigenvalue weighted by molar-refractivity contribution is 5.27. The maximum absolute atomic E-state index is 9.09. The van der Waals surface area contributed by atoms with Gasteiger partial charge in [-0.05, 0) is 27.7 Å². The van der Waals surface area contributed by atoms with Gasteiger partial charge in [0.2, 0.25) is 0 Å². The van der Waals surface area contributed by atoms with Gasteiger partial charge in [-0.3, -0.25) is 4.68 Å². The molecule has 5 heteroatoms. The molecule has 1 heterocycles. The molecule has 0 radical (unpaired) electrons. The Bertz CT molecular complexity index is 377. The molecule has 0 aromatic carbocycles. The number of aryl methyl sites for hydroxylation is 1. The summed E-state index contributed by atoms with van der Waals surface area (Å²) in [5, 5.41) is 17.0. The van der Waals surface area contributed by atoms with Crippen LogP contribution in [0.1, 0.15) is 36.8 Å². The van der Waals surface area contributed by atoms with E-state index in [-0.39, 0.29) is 18.7 Å². The lowest BCUT2D eigenvalue weighted by Crippen LogP contribution is -2.32. The van der Waals surface area contributed by atoms with Crippen LogP contribution in [0.25, 0.3) is 0 Å². The van der Waals surface area contributed by atoms with Crippen LogP contribution >= 0.6 is 0 Å². The van der Waals surface area contributed by atoms with Crippen molar-refractivity contribution in [2.75, 3.05) is 20.3 Å². The zero-order valence-corrected chi connectivity index (χ0v) is 12.0. The molecule has 0 aliphatic carbocycles. The van der Waals surface area contributed by atoms with Crippen LogP contribution in [-0.4, -0.2) is 41.3 Å². The van der Waals surface area contributed by atoms with E-state index in [4.69, 9.17) is 9.84 Å². The molecule has 5 nitrogen and oxygen atoms in total. The normalized spacial score (nSPS) is 14.8. The fraction of sp³-hybridized carbons (Fsp3) is 0.769. The summed E-state index contributed by atoms with van der Waals surface area (Å²) in [4.78, 5) is 0. The second-order valence-electron chi connectivity index (χ2n) is 4.77. The Kier molecular flexibility index (Phi) is 5.78. The summed E-state index contributed by atoms with van der Waals surface area (Å²) >= 11 is 0. The molecule has 0 fully saturated rings. The molecule has 0 amide bonds. The average molecular weight is 255 g/mol. The predicted octanol–water partition coefficient (Wildman–Crippen LogP) is 1.18. The van der Waals surface area contributed by atoms with Gasteiger partial charge in [0.05, 0.1) is 25.5 Å². The van der Waals surface area contributed by atoms with Gasteiger partial charge in [-0.15, -0.1) is 0 Å². The predicted molar refractivity (Wildman–Crippen MR) is 71.7 cm³/mol. The molecule has 0 saturated heterocycles. The number of aliphatic hydroxyl groups is 1. The van der Waals surface area contributed by atoms with E-state index in [1.165, 1.54) is 5.56 Å². The van der Waals surface area contributed by atoms with E-state index >= 15 is 0 Å². The lowest BCUT2D eigenvalue weighted by atomic mass is 10.1. The van der Waals surface area contributed by atoms with E-state index in [2.05, 4.69) is 24.3 Å². The number of ether oxygens (including phenoxy) is 1. The molecular formula is C13H25N3O2. The topological polar surface area (TPSA) is 59.3 Å². The van der Waals surface area contributed by atoms with Gasteiger partial charge in [-0.1, -0.05) is 0 Å². The van der Waals surface area contributed by atoms with Crippen LogP contribution in [0.2, 0.25) is 0 Å². The Morgan fingerprint density at radius 1 is 1.39 bits per heavy atom. The minimum absolute atomic E-state index is 0.0844. The molecule has 2 N–H and O–H groups in total. The third-order valence-corrected chi connectivity index (χ3v) is 3.19. The van der Waals surface area contributed by atoms with Crippen molar-refractivity contribution in [3.8, 4) is 0 Å². The smallest absolute Gasteiger partial charge is 0.0658 e. The third-order valence-electron chi connectivity index (χ3n) is 3.19. The van der Waals surface area contributed by atoms with Crippen LogP contribution in [-0.2, 0) is 11.3 Å². The number of nitrogens with one attached hydrogen (secondary N) is 1. The number of hydrogen-bond acceptors (Lipinski definition) is 4. The van der Waals surface area contributed by atoms with Crippen molar-refractivity contribution >= 4 is 0 Å². The highest BCUT2D eigenvalue weighted by atomic mass is 16.5. The Hall–Kier alpha value is -0.910. The van der Waals surface area contributed by atoms with Gasteiger partial charge in [0, 0.05) is 30.5 Å². The average Bonchev–Trinajstić information content (AvgIpc) is 2.61.